The lowest BCUT2D eigenvalue weighted by molar-refractivity contribution is -0.0564. The van der Waals surface area contributed by atoms with Gasteiger partial charge in [-0.3, -0.25) is 9.58 Å². The van der Waals surface area contributed by atoms with Crippen molar-refractivity contribution in [2.24, 2.45) is 7.05 Å². The minimum Gasteiger partial charge on any atom is -0.488 e. The fourth-order valence-electron chi connectivity index (χ4n) is 1.97. The molecule has 96 valence electrons. The van der Waals surface area contributed by atoms with Crippen molar-refractivity contribution in [1.82, 2.24) is 14.7 Å². The summed E-state index contributed by atoms with van der Waals surface area (Å²) in [6, 6.07) is 0.569. The molecule has 1 aromatic heterocycles. The number of ether oxygens (including phenoxy) is 2. The van der Waals surface area contributed by atoms with E-state index in [-0.39, 0.29) is 6.10 Å². The van der Waals surface area contributed by atoms with E-state index in [9.17, 15) is 0 Å². The highest BCUT2D eigenvalue weighted by Crippen LogP contribution is 2.12. The molecule has 5 heteroatoms. The molecule has 0 amide bonds. The number of morpholine rings is 1. The molecule has 1 unspecified atom stereocenters. The second-order valence-corrected chi connectivity index (χ2v) is 4.74. The summed E-state index contributed by atoms with van der Waals surface area (Å²) in [6.07, 6.45) is 3.75. The van der Waals surface area contributed by atoms with Crippen molar-refractivity contribution in [2.45, 2.75) is 26.0 Å². The van der Waals surface area contributed by atoms with Crippen molar-refractivity contribution in [2.75, 3.05) is 26.3 Å². The van der Waals surface area contributed by atoms with Gasteiger partial charge in [0.1, 0.15) is 12.7 Å². The molecule has 0 N–H and O–H groups in total. The number of hydrogen-bond acceptors (Lipinski definition) is 4. The smallest absolute Gasteiger partial charge is 0.157 e. The van der Waals surface area contributed by atoms with Gasteiger partial charge in [-0.2, -0.15) is 5.10 Å². The highest BCUT2D eigenvalue weighted by Gasteiger charge is 2.22. The standard InChI is InChI=1S/C12H21N3O2/c1-10(2)15-4-5-16-12(8-15)9-17-11-6-13-14(3)7-11/h6-7,10,12H,4-5,8-9H2,1-3H3. The van der Waals surface area contributed by atoms with Crippen LogP contribution in [-0.4, -0.2) is 53.1 Å². The Morgan fingerprint density at radius 1 is 1.59 bits per heavy atom. The van der Waals surface area contributed by atoms with E-state index in [4.69, 9.17) is 9.47 Å². The summed E-state index contributed by atoms with van der Waals surface area (Å²) in [7, 11) is 1.88. The Labute approximate surface area is 102 Å². The number of aromatic nitrogens is 2. The topological polar surface area (TPSA) is 39.5 Å². The van der Waals surface area contributed by atoms with E-state index in [1.165, 1.54) is 0 Å². The first-order chi connectivity index (χ1) is 8.15. The molecule has 0 spiro atoms. The Morgan fingerprint density at radius 3 is 3.06 bits per heavy atom. The molecule has 1 aliphatic heterocycles. The van der Waals surface area contributed by atoms with Crippen molar-refractivity contribution in [1.29, 1.82) is 0 Å². The Morgan fingerprint density at radius 2 is 2.41 bits per heavy atom. The van der Waals surface area contributed by atoms with Gasteiger partial charge < -0.3 is 9.47 Å². The van der Waals surface area contributed by atoms with Crippen molar-refractivity contribution in [3.05, 3.63) is 12.4 Å². The lowest BCUT2D eigenvalue weighted by Crippen LogP contribution is -2.47. The second kappa shape index (κ2) is 5.51. The maximum Gasteiger partial charge on any atom is 0.157 e. The number of aryl methyl sites for hydroxylation is 1. The average Bonchev–Trinajstić information content (AvgIpc) is 2.73. The molecule has 1 aromatic rings. The summed E-state index contributed by atoms with van der Waals surface area (Å²) in [5.74, 6) is 0.803. The largest absolute Gasteiger partial charge is 0.488 e. The SMILES string of the molecule is CC(C)N1CCOC(COc2cnn(C)c2)C1. The first-order valence-electron chi connectivity index (χ1n) is 6.12. The molecule has 0 saturated carbocycles. The van der Waals surface area contributed by atoms with E-state index in [1.807, 2.05) is 13.2 Å². The first kappa shape index (κ1) is 12.4. The third kappa shape index (κ3) is 3.44. The molecular formula is C12H21N3O2. The van der Waals surface area contributed by atoms with Crippen molar-refractivity contribution >= 4 is 0 Å². The summed E-state index contributed by atoms with van der Waals surface area (Å²) in [4.78, 5) is 2.42. The highest BCUT2D eigenvalue weighted by molar-refractivity contribution is 5.11. The number of hydrogen-bond donors (Lipinski definition) is 0. The Kier molecular flexibility index (Phi) is 4.02. The zero-order chi connectivity index (χ0) is 12.3. The van der Waals surface area contributed by atoms with Crippen LogP contribution in [0.3, 0.4) is 0 Å². The lowest BCUT2D eigenvalue weighted by atomic mass is 10.2. The fraction of sp³-hybridized carbons (Fsp3) is 0.750. The minimum atomic E-state index is 0.159. The zero-order valence-electron chi connectivity index (χ0n) is 10.8. The van der Waals surface area contributed by atoms with Crippen molar-refractivity contribution in [3.63, 3.8) is 0 Å². The van der Waals surface area contributed by atoms with Crippen LogP contribution >= 0.6 is 0 Å². The predicted octanol–water partition coefficient (Wildman–Crippen LogP) is 0.908. The molecule has 17 heavy (non-hydrogen) atoms. The second-order valence-electron chi connectivity index (χ2n) is 4.74. The predicted molar refractivity (Wildman–Crippen MR) is 65.2 cm³/mol. The number of rotatable bonds is 4. The summed E-state index contributed by atoms with van der Waals surface area (Å²) in [5.41, 5.74) is 0. The van der Waals surface area contributed by atoms with E-state index in [2.05, 4.69) is 23.8 Å². The van der Waals surface area contributed by atoms with E-state index in [0.717, 1.165) is 25.4 Å². The van der Waals surface area contributed by atoms with E-state index >= 15 is 0 Å². The molecule has 2 rings (SSSR count). The summed E-state index contributed by atoms with van der Waals surface area (Å²) >= 11 is 0. The van der Waals surface area contributed by atoms with Gasteiger partial charge in [-0.15, -0.1) is 0 Å². The Bertz CT molecular complexity index is 351. The van der Waals surface area contributed by atoms with Crippen LogP contribution < -0.4 is 4.74 Å². The van der Waals surface area contributed by atoms with Gasteiger partial charge in [-0.05, 0) is 13.8 Å². The fourth-order valence-corrected chi connectivity index (χ4v) is 1.97. The van der Waals surface area contributed by atoms with Gasteiger partial charge >= 0.3 is 0 Å². The molecule has 5 nitrogen and oxygen atoms in total. The molecular weight excluding hydrogens is 218 g/mol. The molecule has 0 aromatic carbocycles. The monoisotopic (exact) mass is 239 g/mol. The average molecular weight is 239 g/mol. The maximum absolute atomic E-state index is 5.69. The third-order valence-corrected chi connectivity index (χ3v) is 3.02. The van der Waals surface area contributed by atoms with Gasteiger partial charge in [0.05, 0.1) is 19.0 Å². The molecule has 0 aliphatic carbocycles. The molecule has 1 atom stereocenters. The highest BCUT2D eigenvalue weighted by atomic mass is 16.5. The van der Waals surface area contributed by atoms with Gasteiger partial charge in [-0.1, -0.05) is 0 Å². The summed E-state index contributed by atoms with van der Waals surface area (Å²) < 4.78 is 13.1. The van der Waals surface area contributed by atoms with E-state index < -0.39 is 0 Å². The van der Waals surface area contributed by atoms with Gasteiger partial charge in [-0.25, -0.2) is 0 Å². The normalized spacial score (nSPS) is 22.0. The third-order valence-electron chi connectivity index (χ3n) is 3.02. The minimum absolute atomic E-state index is 0.159. The molecule has 0 radical (unpaired) electrons. The quantitative estimate of drug-likeness (QED) is 0.783. The van der Waals surface area contributed by atoms with E-state index in [0.29, 0.717) is 12.6 Å². The van der Waals surface area contributed by atoms with Crippen LogP contribution in [0.15, 0.2) is 12.4 Å². The molecule has 1 saturated heterocycles. The maximum atomic E-state index is 5.69. The van der Waals surface area contributed by atoms with Gasteiger partial charge in [0.25, 0.3) is 0 Å². The van der Waals surface area contributed by atoms with Crippen molar-refractivity contribution < 1.29 is 9.47 Å². The van der Waals surface area contributed by atoms with Crippen LogP contribution in [0.5, 0.6) is 5.75 Å². The van der Waals surface area contributed by atoms with Crippen LogP contribution in [0.4, 0.5) is 0 Å². The van der Waals surface area contributed by atoms with E-state index in [1.54, 1.807) is 10.9 Å². The Hall–Kier alpha value is -1.07. The summed E-state index contributed by atoms with van der Waals surface area (Å²) in [5, 5.41) is 4.06. The zero-order valence-corrected chi connectivity index (χ0v) is 10.8. The van der Waals surface area contributed by atoms with Gasteiger partial charge in [0, 0.05) is 26.2 Å². The molecule has 1 aliphatic rings. The summed E-state index contributed by atoms with van der Waals surface area (Å²) in [6.45, 7) is 7.77. The van der Waals surface area contributed by atoms with Crippen molar-refractivity contribution in [3.8, 4) is 5.75 Å². The van der Waals surface area contributed by atoms with Crippen LogP contribution in [0.25, 0.3) is 0 Å². The van der Waals surface area contributed by atoms with Gasteiger partial charge in [0.15, 0.2) is 5.75 Å². The van der Waals surface area contributed by atoms with Gasteiger partial charge in [0.2, 0.25) is 0 Å². The first-order valence-corrected chi connectivity index (χ1v) is 6.12. The molecule has 1 fully saturated rings. The van der Waals surface area contributed by atoms with Crippen LogP contribution in [0.2, 0.25) is 0 Å². The van der Waals surface area contributed by atoms with Crippen LogP contribution in [-0.2, 0) is 11.8 Å². The van der Waals surface area contributed by atoms with Crippen LogP contribution in [0.1, 0.15) is 13.8 Å². The number of nitrogens with zero attached hydrogens (tertiary/aromatic N) is 3. The Balaban J connectivity index is 1.79. The lowest BCUT2D eigenvalue weighted by Gasteiger charge is -2.35. The molecule has 0 bridgehead atoms. The van der Waals surface area contributed by atoms with Crippen LogP contribution in [0, 0.1) is 0 Å². The molecule has 2 heterocycles.